The van der Waals surface area contributed by atoms with Crippen LogP contribution in [0.25, 0.3) is 0 Å². The summed E-state index contributed by atoms with van der Waals surface area (Å²) < 4.78 is 0. The predicted octanol–water partition coefficient (Wildman–Crippen LogP) is 1.53. The van der Waals surface area contributed by atoms with Crippen LogP contribution in [-0.2, 0) is 11.3 Å². The van der Waals surface area contributed by atoms with E-state index < -0.39 is 0 Å². The van der Waals surface area contributed by atoms with Crippen LogP contribution in [0.1, 0.15) is 11.8 Å². The molecule has 138 valence electrons. The Balaban J connectivity index is 0.00000144. The standard InChI is InChI=1S/C16H26N4OS.2ClH/c1-14-11-17-4-5-20(14)13-16(21)19-8-6-18(7-9-19)12-15-3-2-10-22-15;;/h2-3,10,14,17H,4-9,11-13H2,1H3;2*1H/t14-;;/m0../s1. The number of hydrogen-bond donors (Lipinski definition) is 1. The van der Waals surface area contributed by atoms with Gasteiger partial charge in [-0.2, -0.15) is 0 Å². The summed E-state index contributed by atoms with van der Waals surface area (Å²) in [5.41, 5.74) is 0. The minimum absolute atomic E-state index is 0. The molecule has 0 spiro atoms. The molecule has 1 N–H and O–H groups in total. The number of carbonyl (C=O) groups is 1. The van der Waals surface area contributed by atoms with Gasteiger partial charge >= 0.3 is 0 Å². The zero-order valence-electron chi connectivity index (χ0n) is 14.1. The van der Waals surface area contributed by atoms with Crippen LogP contribution >= 0.6 is 36.2 Å². The molecule has 2 fully saturated rings. The van der Waals surface area contributed by atoms with Gasteiger partial charge in [-0.05, 0) is 18.4 Å². The van der Waals surface area contributed by atoms with Gasteiger partial charge in [0.25, 0.3) is 0 Å². The molecule has 2 saturated heterocycles. The van der Waals surface area contributed by atoms with Crippen molar-refractivity contribution in [1.29, 1.82) is 0 Å². The number of piperazine rings is 2. The summed E-state index contributed by atoms with van der Waals surface area (Å²) in [6.45, 7) is 10.5. The molecule has 5 nitrogen and oxygen atoms in total. The summed E-state index contributed by atoms with van der Waals surface area (Å²) >= 11 is 1.81. The van der Waals surface area contributed by atoms with Crippen LogP contribution in [0.2, 0.25) is 0 Å². The number of amides is 1. The van der Waals surface area contributed by atoms with E-state index in [2.05, 4.69) is 39.6 Å². The highest BCUT2D eigenvalue weighted by atomic mass is 35.5. The molecule has 0 aliphatic carbocycles. The van der Waals surface area contributed by atoms with Gasteiger partial charge in [0, 0.05) is 63.3 Å². The second-order valence-electron chi connectivity index (χ2n) is 6.26. The Labute approximate surface area is 161 Å². The Kier molecular flexibility index (Phi) is 9.56. The molecule has 1 aromatic rings. The van der Waals surface area contributed by atoms with Gasteiger partial charge in [0.15, 0.2) is 0 Å². The lowest BCUT2D eigenvalue weighted by atomic mass is 10.2. The second kappa shape index (κ2) is 10.6. The molecule has 1 aromatic heterocycles. The Morgan fingerprint density at radius 2 is 2.00 bits per heavy atom. The van der Waals surface area contributed by atoms with Gasteiger partial charge in [-0.25, -0.2) is 0 Å². The Morgan fingerprint density at radius 3 is 2.62 bits per heavy atom. The third kappa shape index (κ3) is 5.86. The number of nitrogens with one attached hydrogen (secondary N) is 1. The summed E-state index contributed by atoms with van der Waals surface area (Å²) in [5, 5.41) is 5.50. The summed E-state index contributed by atoms with van der Waals surface area (Å²) in [6, 6.07) is 4.75. The molecule has 0 unspecified atom stereocenters. The van der Waals surface area contributed by atoms with E-state index in [9.17, 15) is 4.79 Å². The quantitative estimate of drug-likeness (QED) is 0.840. The third-order valence-corrected chi connectivity index (χ3v) is 5.52. The average molecular weight is 395 g/mol. The van der Waals surface area contributed by atoms with Crippen LogP contribution in [0, 0.1) is 0 Å². The van der Waals surface area contributed by atoms with Crippen LogP contribution in [-0.4, -0.2) is 79.0 Å². The summed E-state index contributed by atoms with van der Waals surface area (Å²) in [7, 11) is 0. The van der Waals surface area contributed by atoms with Gasteiger partial charge in [-0.15, -0.1) is 36.2 Å². The highest BCUT2D eigenvalue weighted by molar-refractivity contribution is 7.09. The van der Waals surface area contributed by atoms with Gasteiger partial charge in [0.1, 0.15) is 0 Å². The van der Waals surface area contributed by atoms with Gasteiger partial charge in [0.05, 0.1) is 6.54 Å². The van der Waals surface area contributed by atoms with E-state index in [1.54, 1.807) is 0 Å². The van der Waals surface area contributed by atoms with Gasteiger partial charge in [-0.1, -0.05) is 6.07 Å². The smallest absolute Gasteiger partial charge is 0.236 e. The Morgan fingerprint density at radius 1 is 1.25 bits per heavy atom. The number of carbonyl (C=O) groups excluding carboxylic acids is 1. The molecule has 0 saturated carbocycles. The van der Waals surface area contributed by atoms with Crippen molar-refractivity contribution in [2.45, 2.75) is 19.5 Å². The number of thiophene rings is 1. The molecule has 1 atom stereocenters. The van der Waals surface area contributed by atoms with E-state index in [1.807, 2.05) is 16.2 Å². The molecule has 0 radical (unpaired) electrons. The SMILES string of the molecule is C[C@H]1CNCCN1CC(=O)N1CCN(Cc2cccs2)CC1.Cl.Cl. The Bertz CT molecular complexity index is 480. The van der Waals surface area contributed by atoms with Crippen LogP contribution in [0.15, 0.2) is 17.5 Å². The van der Waals surface area contributed by atoms with E-state index in [0.29, 0.717) is 18.5 Å². The molecular weight excluding hydrogens is 367 g/mol. The maximum atomic E-state index is 12.5. The van der Waals surface area contributed by atoms with E-state index in [1.165, 1.54) is 4.88 Å². The maximum absolute atomic E-state index is 12.5. The van der Waals surface area contributed by atoms with E-state index in [-0.39, 0.29) is 24.8 Å². The highest BCUT2D eigenvalue weighted by Gasteiger charge is 2.25. The number of nitrogens with zero attached hydrogens (tertiary/aromatic N) is 3. The van der Waals surface area contributed by atoms with E-state index in [4.69, 9.17) is 0 Å². The molecule has 2 aliphatic rings. The average Bonchev–Trinajstić information content (AvgIpc) is 3.03. The van der Waals surface area contributed by atoms with Crippen molar-refractivity contribution in [2.24, 2.45) is 0 Å². The van der Waals surface area contributed by atoms with Crippen LogP contribution in [0.4, 0.5) is 0 Å². The molecule has 2 aliphatic heterocycles. The fourth-order valence-corrected chi connectivity index (χ4v) is 3.92. The molecule has 8 heteroatoms. The maximum Gasteiger partial charge on any atom is 0.236 e. The largest absolute Gasteiger partial charge is 0.339 e. The van der Waals surface area contributed by atoms with E-state index in [0.717, 1.165) is 52.4 Å². The number of halogens is 2. The van der Waals surface area contributed by atoms with Crippen molar-refractivity contribution < 1.29 is 4.79 Å². The number of rotatable bonds is 4. The summed E-state index contributed by atoms with van der Waals surface area (Å²) in [6.07, 6.45) is 0. The van der Waals surface area contributed by atoms with Crippen molar-refractivity contribution in [3.05, 3.63) is 22.4 Å². The fraction of sp³-hybridized carbons (Fsp3) is 0.688. The van der Waals surface area contributed by atoms with E-state index >= 15 is 0 Å². The first-order valence-corrected chi connectivity index (χ1v) is 9.07. The zero-order valence-corrected chi connectivity index (χ0v) is 16.6. The third-order valence-electron chi connectivity index (χ3n) is 4.66. The van der Waals surface area contributed by atoms with Crippen molar-refractivity contribution >= 4 is 42.1 Å². The van der Waals surface area contributed by atoms with Crippen molar-refractivity contribution in [3.8, 4) is 0 Å². The minimum Gasteiger partial charge on any atom is -0.339 e. The highest BCUT2D eigenvalue weighted by Crippen LogP contribution is 2.14. The Hall–Kier alpha value is -0.370. The molecule has 0 aromatic carbocycles. The normalized spacial score (nSPS) is 22.5. The van der Waals surface area contributed by atoms with Crippen molar-refractivity contribution in [3.63, 3.8) is 0 Å². The van der Waals surface area contributed by atoms with Crippen LogP contribution < -0.4 is 5.32 Å². The monoisotopic (exact) mass is 394 g/mol. The lowest BCUT2D eigenvalue weighted by Crippen LogP contribution is -2.55. The van der Waals surface area contributed by atoms with Crippen molar-refractivity contribution in [1.82, 2.24) is 20.0 Å². The first-order valence-electron chi connectivity index (χ1n) is 8.19. The van der Waals surface area contributed by atoms with Crippen LogP contribution in [0.3, 0.4) is 0 Å². The second-order valence-corrected chi connectivity index (χ2v) is 7.29. The lowest BCUT2D eigenvalue weighted by Gasteiger charge is -2.38. The molecule has 1 amide bonds. The predicted molar refractivity (Wildman–Crippen MR) is 105 cm³/mol. The topological polar surface area (TPSA) is 38.8 Å². The zero-order chi connectivity index (χ0) is 15.4. The molecule has 0 bridgehead atoms. The fourth-order valence-electron chi connectivity index (χ4n) is 3.17. The van der Waals surface area contributed by atoms with Gasteiger partial charge in [-0.3, -0.25) is 14.6 Å². The molecule has 24 heavy (non-hydrogen) atoms. The molecule has 3 rings (SSSR count). The first-order chi connectivity index (χ1) is 10.7. The summed E-state index contributed by atoms with van der Waals surface area (Å²) in [4.78, 5) is 20.7. The number of hydrogen-bond acceptors (Lipinski definition) is 5. The van der Waals surface area contributed by atoms with Crippen LogP contribution in [0.5, 0.6) is 0 Å². The minimum atomic E-state index is 0. The lowest BCUT2D eigenvalue weighted by molar-refractivity contribution is -0.135. The molecular formula is C16H28Cl2N4OS. The molecule has 3 heterocycles. The van der Waals surface area contributed by atoms with Gasteiger partial charge < -0.3 is 10.2 Å². The first kappa shape index (κ1) is 21.7. The summed E-state index contributed by atoms with van der Waals surface area (Å²) in [5.74, 6) is 0.296. The van der Waals surface area contributed by atoms with Gasteiger partial charge in [0.2, 0.25) is 5.91 Å². The van der Waals surface area contributed by atoms with Crippen molar-refractivity contribution in [2.75, 3.05) is 52.4 Å².